The largest absolute Gasteiger partial charge is 0.305 e. The highest BCUT2D eigenvalue weighted by atomic mass is 15.1. The third-order valence-corrected chi connectivity index (χ3v) is 2.64. The maximum absolute atomic E-state index is 2.32. The molecule has 0 atom stereocenters. The number of pyridine rings is 2. The monoisotopic (exact) mass is 139 g/mol. The van der Waals surface area contributed by atoms with Crippen molar-refractivity contribution in [2.45, 2.75) is 0 Å². The first-order chi connectivity index (χ1) is 5.47. The van der Waals surface area contributed by atoms with Crippen molar-refractivity contribution in [3.05, 3.63) is 30.3 Å². The molecular formula is C10H5N. The molecule has 6 bridgehead atoms. The molecule has 3 aromatic rings. The maximum Gasteiger partial charge on any atom is 0.0783 e. The predicted octanol–water partition coefficient (Wildman–Crippen LogP) is 2.53. The Kier molecular flexibility index (Phi) is 0.413. The summed E-state index contributed by atoms with van der Waals surface area (Å²) < 4.78 is 2.32. The van der Waals surface area contributed by atoms with Crippen LogP contribution in [0.15, 0.2) is 30.3 Å². The molecule has 11 heavy (non-hydrogen) atoms. The first kappa shape index (κ1) is 4.39. The van der Waals surface area contributed by atoms with Crippen LogP contribution in [0.1, 0.15) is 0 Å². The standard InChI is InChI=1S/C10H5N/c1-2-7-6-4-5-9-10(7)11(9)8(6)3-1/h1-5H. The summed E-state index contributed by atoms with van der Waals surface area (Å²) in [5, 5.41) is 2.84. The van der Waals surface area contributed by atoms with E-state index in [1.807, 2.05) is 0 Å². The highest BCUT2D eigenvalue weighted by Crippen LogP contribution is 2.46. The second-order valence-electron chi connectivity index (χ2n) is 3.14. The zero-order valence-electron chi connectivity index (χ0n) is 5.83. The number of hydrogen-bond acceptors (Lipinski definition) is 0. The van der Waals surface area contributed by atoms with Gasteiger partial charge in [0.15, 0.2) is 0 Å². The molecule has 0 amide bonds. The Labute approximate surface area is 63.2 Å². The fourth-order valence-corrected chi connectivity index (χ4v) is 2.13. The van der Waals surface area contributed by atoms with Gasteiger partial charge in [-0.1, -0.05) is 18.2 Å². The van der Waals surface area contributed by atoms with Gasteiger partial charge < -0.3 is 4.57 Å². The lowest BCUT2D eigenvalue weighted by Crippen LogP contribution is -1.77. The van der Waals surface area contributed by atoms with E-state index in [2.05, 4.69) is 34.9 Å². The summed E-state index contributed by atoms with van der Waals surface area (Å²) in [6.07, 6.45) is 0. The van der Waals surface area contributed by atoms with Crippen molar-refractivity contribution >= 4 is 21.8 Å². The molecule has 0 fully saturated rings. The first-order valence-electron chi connectivity index (χ1n) is 3.83. The van der Waals surface area contributed by atoms with E-state index in [1.54, 1.807) is 0 Å². The van der Waals surface area contributed by atoms with Gasteiger partial charge in [-0.15, -0.1) is 0 Å². The summed E-state index contributed by atoms with van der Waals surface area (Å²) in [4.78, 5) is 0. The van der Waals surface area contributed by atoms with E-state index in [4.69, 9.17) is 0 Å². The van der Waals surface area contributed by atoms with Crippen LogP contribution < -0.4 is 0 Å². The zero-order valence-corrected chi connectivity index (χ0v) is 5.83. The maximum atomic E-state index is 2.32. The lowest BCUT2D eigenvalue weighted by atomic mass is 10.1. The Balaban J connectivity index is 2.69. The van der Waals surface area contributed by atoms with Crippen LogP contribution in [0, 0.1) is 0 Å². The van der Waals surface area contributed by atoms with E-state index in [-0.39, 0.29) is 0 Å². The van der Waals surface area contributed by atoms with Crippen LogP contribution >= 0.6 is 0 Å². The van der Waals surface area contributed by atoms with E-state index >= 15 is 0 Å². The third kappa shape index (κ3) is 0.285. The molecule has 0 saturated carbocycles. The Morgan fingerprint density at radius 1 is 0.909 bits per heavy atom. The SMILES string of the molecule is c1cc2c3ccc4c2n-4c3c1. The molecule has 3 heterocycles. The van der Waals surface area contributed by atoms with Gasteiger partial charge in [0.2, 0.25) is 0 Å². The first-order valence-corrected chi connectivity index (χ1v) is 3.83. The summed E-state index contributed by atoms with van der Waals surface area (Å²) >= 11 is 0. The molecule has 0 spiro atoms. The lowest BCUT2D eigenvalue weighted by Gasteiger charge is -1.96. The van der Waals surface area contributed by atoms with Crippen molar-refractivity contribution in [3.8, 4) is 5.69 Å². The molecule has 2 aromatic carbocycles. The topological polar surface area (TPSA) is 4.93 Å². The Morgan fingerprint density at radius 2 is 1.91 bits per heavy atom. The van der Waals surface area contributed by atoms with Crippen molar-refractivity contribution in [3.63, 3.8) is 0 Å². The second-order valence-corrected chi connectivity index (χ2v) is 3.14. The fourth-order valence-electron chi connectivity index (χ4n) is 2.13. The number of fused-ring (bicyclic) bond motifs is 1. The smallest absolute Gasteiger partial charge is 0.0783 e. The van der Waals surface area contributed by atoms with Gasteiger partial charge in [-0.25, -0.2) is 0 Å². The van der Waals surface area contributed by atoms with Gasteiger partial charge in [0, 0.05) is 10.8 Å². The van der Waals surface area contributed by atoms with E-state index in [1.165, 1.54) is 27.5 Å². The van der Waals surface area contributed by atoms with Gasteiger partial charge in [-0.3, -0.25) is 0 Å². The molecule has 0 aliphatic carbocycles. The average molecular weight is 139 g/mol. The third-order valence-electron chi connectivity index (χ3n) is 2.64. The van der Waals surface area contributed by atoms with Crippen molar-refractivity contribution < 1.29 is 0 Å². The molecule has 0 N–H and O–H groups in total. The molecule has 1 nitrogen and oxygen atoms in total. The summed E-state index contributed by atoms with van der Waals surface area (Å²) in [5.41, 5.74) is 4.24. The van der Waals surface area contributed by atoms with Crippen LogP contribution in [0.2, 0.25) is 0 Å². The van der Waals surface area contributed by atoms with Crippen LogP contribution in [0.3, 0.4) is 0 Å². The van der Waals surface area contributed by atoms with E-state index < -0.39 is 0 Å². The van der Waals surface area contributed by atoms with Crippen LogP contribution in [0.4, 0.5) is 0 Å². The Hall–Kier alpha value is -1.50. The number of hydrogen-bond donors (Lipinski definition) is 0. The summed E-state index contributed by atoms with van der Waals surface area (Å²) in [7, 11) is 0. The summed E-state index contributed by atoms with van der Waals surface area (Å²) in [5.74, 6) is 0. The number of aromatic nitrogens is 1. The summed E-state index contributed by atoms with van der Waals surface area (Å²) in [6, 6.07) is 10.9. The van der Waals surface area contributed by atoms with Gasteiger partial charge in [0.05, 0.1) is 16.7 Å². The lowest BCUT2D eigenvalue weighted by molar-refractivity contribution is 1.36. The average Bonchev–Trinajstić information content (AvgIpc) is 2.76. The van der Waals surface area contributed by atoms with Gasteiger partial charge in [-0.2, -0.15) is 0 Å². The molecule has 1 heteroatoms. The van der Waals surface area contributed by atoms with E-state index in [0.717, 1.165) is 0 Å². The highest BCUT2D eigenvalue weighted by molar-refractivity contribution is 6.20. The zero-order chi connectivity index (χ0) is 7.00. The van der Waals surface area contributed by atoms with E-state index in [9.17, 15) is 0 Å². The normalized spacial score (nSPS) is 13.5. The van der Waals surface area contributed by atoms with Crippen LogP contribution in [-0.2, 0) is 0 Å². The van der Waals surface area contributed by atoms with Gasteiger partial charge >= 0.3 is 0 Å². The minimum atomic E-state index is 1.38. The van der Waals surface area contributed by atoms with Crippen molar-refractivity contribution in [2.24, 2.45) is 0 Å². The van der Waals surface area contributed by atoms with Crippen LogP contribution in [0.5, 0.6) is 0 Å². The number of benzene rings is 2. The van der Waals surface area contributed by atoms with Gasteiger partial charge in [0.1, 0.15) is 0 Å². The molecule has 0 radical (unpaired) electrons. The van der Waals surface area contributed by atoms with Gasteiger partial charge in [0.25, 0.3) is 0 Å². The molecule has 0 saturated heterocycles. The molecule has 5 rings (SSSR count). The number of rotatable bonds is 0. The van der Waals surface area contributed by atoms with Crippen LogP contribution in [0.25, 0.3) is 27.5 Å². The minimum absolute atomic E-state index is 1.38. The highest BCUT2D eigenvalue weighted by Gasteiger charge is 2.26. The Morgan fingerprint density at radius 3 is 2.73 bits per heavy atom. The van der Waals surface area contributed by atoms with Crippen molar-refractivity contribution in [2.75, 3.05) is 0 Å². The molecule has 1 aromatic heterocycles. The van der Waals surface area contributed by atoms with Crippen LogP contribution in [-0.4, -0.2) is 4.57 Å². The predicted molar refractivity (Wildman–Crippen MR) is 45.5 cm³/mol. The van der Waals surface area contributed by atoms with Gasteiger partial charge in [-0.05, 0) is 12.1 Å². The molecule has 2 aliphatic rings. The fraction of sp³-hybridized carbons (Fsp3) is 0. The molecule has 2 aliphatic heterocycles. The summed E-state index contributed by atoms with van der Waals surface area (Å²) in [6.45, 7) is 0. The van der Waals surface area contributed by atoms with E-state index in [0.29, 0.717) is 0 Å². The number of nitrogens with zero attached hydrogens (tertiary/aromatic N) is 1. The minimum Gasteiger partial charge on any atom is -0.305 e. The van der Waals surface area contributed by atoms with Crippen molar-refractivity contribution in [1.29, 1.82) is 0 Å². The molecule has 0 unspecified atom stereocenters. The second kappa shape index (κ2) is 1.03. The molecular weight excluding hydrogens is 134 g/mol. The van der Waals surface area contributed by atoms with Crippen molar-refractivity contribution in [1.82, 2.24) is 4.57 Å². The molecule has 50 valence electrons. The quantitative estimate of drug-likeness (QED) is 0.353. The Bertz CT molecular complexity index is 569.